The van der Waals surface area contributed by atoms with Gasteiger partial charge in [-0.15, -0.1) is 0 Å². The fourth-order valence-corrected chi connectivity index (χ4v) is 1.83. The molecule has 0 unspecified atom stereocenters. The van der Waals surface area contributed by atoms with Crippen LogP contribution in [0.15, 0.2) is 18.2 Å². The Hall–Kier alpha value is -1.62. The molecule has 0 heterocycles. The molecule has 0 saturated heterocycles. The molecule has 1 aliphatic rings. The molecule has 0 aromatic heterocycles. The van der Waals surface area contributed by atoms with Crippen LogP contribution in [0.4, 0.5) is 5.69 Å². The first kappa shape index (κ1) is 9.92. The highest BCUT2D eigenvalue weighted by molar-refractivity contribution is 5.49. The Morgan fingerprint density at radius 2 is 2.13 bits per heavy atom. The summed E-state index contributed by atoms with van der Waals surface area (Å²) >= 11 is 0. The van der Waals surface area contributed by atoms with Crippen LogP contribution < -0.4 is 5.73 Å². The molecule has 15 heavy (non-hydrogen) atoms. The van der Waals surface area contributed by atoms with Crippen LogP contribution in [0.2, 0.25) is 0 Å². The van der Waals surface area contributed by atoms with Crippen LogP contribution in [-0.2, 0) is 5.54 Å². The Morgan fingerprint density at radius 1 is 1.47 bits per heavy atom. The molecule has 0 atom stereocenters. The summed E-state index contributed by atoms with van der Waals surface area (Å²) in [5.41, 5.74) is 6.07. The Morgan fingerprint density at radius 3 is 2.60 bits per heavy atom. The third-order valence-corrected chi connectivity index (χ3v) is 2.99. The van der Waals surface area contributed by atoms with Gasteiger partial charge in [0.25, 0.3) is 0 Å². The van der Waals surface area contributed by atoms with Crippen molar-refractivity contribution in [2.75, 3.05) is 0 Å². The third-order valence-electron chi connectivity index (χ3n) is 2.99. The van der Waals surface area contributed by atoms with E-state index in [2.05, 4.69) is 0 Å². The van der Waals surface area contributed by atoms with Crippen molar-refractivity contribution in [2.24, 2.45) is 5.73 Å². The molecule has 80 valence electrons. The van der Waals surface area contributed by atoms with Crippen molar-refractivity contribution >= 4 is 5.69 Å². The molecule has 0 aliphatic heterocycles. The number of nitrogens with two attached hydrogens (primary N) is 1. The summed E-state index contributed by atoms with van der Waals surface area (Å²) in [6.45, 7) is 0. The molecule has 0 spiro atoms. The molecule has 1 saturated carbocycles. The van der Waals surface area contributed by atoms with E-state index >= 15 is 0 Å². The van der Waals surface area contributed by atoms with Gasteiger partial charge in [0.2, 0.25) is 0 Å². The van der Waals surface area contributed by atoms with Crippen LogP contribution in [0.25, 0.3) is 0 Å². The molecular formula is C10H12N2O3. The van der Waals surface area contributed by atoms with Gasteiger partial charge in [0.15, 0.2) is 5.75 Å². The van der Waals surface area contributed by atoms with Crippen molar-refractivity contribution in [1.82, 2.24) is 0 Å². The summed E-state index contributed by atoms with van der Waals surface area (Å²) in [6, 6.07) is 4.36. The lowest BCUT2D eigenvalue weighted by atomic mass is 9.73. The first-order valence-corrected chi connectivity index (χ1v) is 4.80. The van der Waals surface area contributed by atoms with Crippen molar-refractivity contribution in [3.05, 3.63) is 33.9 Å². The van der Waals surface area contributed by atoms with Crippen LogP contribution in [0.3, 0.4) is 0 Å². The lowest BCUT2D eigenvalue weighted by Crippen LogP contribution is -2.43. The van der Waals surface area contributed by atoms with Gasteiger partial charge in [0.1, 0.15) is 0 Å². The van der Waals surface area contributed by atoms with Gasteiger partial charge >= 0.3 is 5.69 Å². The van der Waals surface area contributed by atoms with Crippen LogP contribution in [0.5, 0.6) is 5.75 Å². The monoisotopic (exact) mass is 208 g/mol. The third kappa shape index (κ3) is 1.55. The first-order valence-electron chi connectivity index (χ1n) is 4.80. The summed E-state index contributed by atoms with van der Waals surface area (Å²) < 4.78 is 0. The lowest BCUT2D eigenvalue weighted by Gasteiger charge is -2.38. The van der Waals surface area contributed by atoms with Crippen LogP contribution >= 0.6 is 0 Å². The quantitative estimate of drug-likeness (QED) is 0.571. The maximum atomic E-state index is 10.6. The number of nitrogens with zero attached hydrogens (tertiary/aromatic N) is 1. The number of phenols is 1. The summed E-state index contributed by atoms with van der Waals surface area (Å²) in [6.07, 6.45) is 2.73. The highest BCUT2D eigenvalue weighted by atomic mass is 16.6. The van der Waals surface area contributed by atoms with E-state index in [0.717, 1.165) is 24.8 Å². The van der Waals surface area contributed by atoms with E-state index in [1.807, 2.05) is 0 Å². The summed E-state index contributed by atoms with van der Waals surface area (Å²) in [7, 11) is 0. The molecule has 1 fully saturated rings. The molecule has 1 aromatic carbocycles. The molecular weight excluding hydrogens is 196 g/mol. The van der Waals surface area contributed by atoms with Gasteiger partial charge in [-0.2, -0.15) is 0 Å². The number of hydrogen-bond donors (Lipinski definition) is 2. The molecule has 1 aromatic rings. The second kappa shape index (κ2) is 3.20. The molecule has 5 heteroatoms. The van der Waals surface area contributed by atoms with E-state index < -0.39 is 10.5 Å². The summed E-state index contributed by atoms with van der Waals surface area (Å²) in [4.78, 5) is 10.0. The number of hydrogen-bond acceptors (Lipinski definition) is 4. The number of nitro groups is 1. The highest BCUT2D eigenvalue weighted by Crippen LogP contribution is 2.41. The molecule has 3 N–H and O–H groups in total. The van der Waals surface area contributed by atoms with E-state index in [1.165, 1.54) is 12.1 Å². The fourth-order valence-electron chi connectivity index (χ4n) is 1.83. The van der Waals surface area contributed by atoms with Crippen molar-refractivity contribution in [3.8, 4) is 5.75 Å². The van der Waals surface area contributed by atoms with Crippen molar-refractivity contribution in [3.63, 3.8) is 0 Å². The molecule has 2 rings (SSSR count). The SMILES string of the molecule is NC1(c2ccc(O)c([N+](=O)[O-])c2)CCC1. The van der Waals surface area contributed by atoms with Gasteiger partial charge in [-0.1, -0.05) is 6.07 Å². The minimum atomic E-state index is -0.596. The number of rotatable bonds is 2. The Kier molecular flexibility index (Phi) is 2.12. The second-order valence-corrected chi connectivity index (χ2v) is 3.97. The largest absolute Gasteiger partial charge is 0.502 e. The molecule has 0 radical (unpaired) electrons. The first-order chi connectivity index (χ1) is 7.03. The zero-order valence-electron chi connectivity index (χ0n) is 8.14. The normalized spacial score (nSPS) is 18.2. The number of aromatic hydroxyl groups is 1. The molecule has 0 bridgehead atoms. The summed E-state index contributed by atoms with van der Waals surface area (Å²) in [5, 5.41) is 19.9. The zero-order chi connectivity index (χ0) is 11.1. The van der Waals surface area contributed by atoms with Crippen LogP contribution in [0.1, 0.15) is 24.8 Å². The predicted molar refractivity (Wildman–Crippen MR) is 54.5 cm³/mol. The van der Waals surface area contributed by atoms with Gasteiger partial charge in [-0.05, 0) is 30.9 Å². The van der Waals surface area contributed by atoms with Crippen molar-refractivity contribution < 1.29 is 10.0 Å². The van der Waals surface area contributed by atoms with Crippen molar-refractivity contribution in [1.29, 1.82) is 0 Å². The zero-order valence-corrected chi connectivity index (χ0v) is 8.14. The smallest absolute Gasteiger partial charge is 0.311 e. The fraction of sp³-hybridized carbons (Fsp3) is 0.400. The number of phenolic OH excluding ortho intramolecular Hbond substituents is 1. The standard InChI is InChI=1S/C10H12N2O3/c11-10(4-1-5-10)7-2-3-9(13)8(6-7)12(14)15/h2-3,6,13H,1,4-5,11H2. The van der Waals surface area contributed by atoms with Crippen LogP contribution in [-0.4, -0.2) is 10.0 Å². The maximum absolute atomic E-state index is 10.6. The minimum Gasteiger partial charge on any atom is -0.502 e. The van der Waals surface area contributed by atoms with E-state index in [9.17, 15) is 15.2 Å². The van der Waals surface area contributed by atoms with Crippen molar-refractivity contribution in [2.45, 2.75) is 24.8 Å². The minimum absolute atomic E-state index is 0.274. The number of nitro benzene ring substituents is 1. The van der Waals surface area contributed by atoms with Gasteiger partial charge in [-0.25, -0.2) is 0 Å². The predicted octanol–water partition coefficient (Wildman–Crippen LogP) is 1.64. The molecule has 0 amide bonds. The van der Waals surface area contributed by atoms with Gasteiger partial charge in [0.05, 0.1) is 4.92 Å². The van der Waals surface area contributed by atoms with E-state index in [4.69, 9.17) is 5.73 Å². The van der Waals surface area contributed by atoms with Gasteiger partial charge in [0, 0.05) is 11.6 Å². The van der Waals surface area contributed by atoms with E-state index in [1.54, 1.807) is 6.07 Å². The molecule has 1 aliphatic carbocycles. The van der Waals surface area contributed by atoms with E-state index in [0.29, 0.717) is 0 Å². The van der Waals surface area contributed by atoms with E-state index in [-0.39, 0.29) is 11.4 Å². The average Bonchev–Trinajstić information content (AvgIpc) is 2.14. The van der Waals surface area contributed by atoms with Gasteiger partial charge in [-0.3, -0.25) is 10.1 Å². The summed E-state index contributed by atoms with van der Waals surface area (Å²) in [5.74, 6) is -0.313. The maximum Gasteiger partial charge on any atom is 0.311 e. The molecule has 5 nitrogen and oxygen atoms in total. The Balaban J connectivity index is 2.42. The highest BCUT2D eigenvalue weighted by Gasteiger charge is 2.35. The van der Waals surface area contributed by atoms with Crippen LogP contribution in [0, 0.1) is 10.1 Å². The van der Waals surface area contributed by atoms with Gasteiger partial charge < -0.3 is 10.8 Å². The Labute approximate surface area is 86.7 Å². The average molecular weight is 208 g/mol. The second-order valence-electron chi connectivity index (χ2n) is 3.97. The topological polar surface area (TPSA) is 89.4 Å². The number of benzene rings is 1. The lowest BCUT2D eigenvalue weighted by molar-refractivity contribution is -0.386. The Bertz CT molecular complexity index is 413.